The molecule has 194 valence electrons. The third-order valence-corrected chi connectivity index (χ3v) is 8.17. The van der Waals surface area contributed by atoms with E-state index in [0.29, 0.717) is 27.5 Å². The average molecular weight is 537 g/mol. The molecule has 0 amide bonds. The van der Waals surface area contributed by atoms with Crippen molar-refractivity contribution in [3.8, 4) is 16.9 Å². The molecule has 4 aromatic rings. The van der Waals surface area contributed by atoms with Gasteiger partial charge in [0, 0.05) is 23.3 Å². The fourth-order valence-electron chi connectivity index (χ4n) is 5.03. The topological polar surface area (TPSA) is 60.7 Å². The molecule has 3 aromatic carbocycles. The van der Waals surface area contributed by atoms with E-state index >= 15 is 4.39 Å². The fourth-order valence-corrected chi connectivity index (χ4v) is 6.44. The number of ether oxygens (including phenoxy) is 1. The lowest BCUT2D eigenvalue weighted by molar-refractivity contribution is 0.387. The summed E-state index contributed by atoms with van der Waals surface area (Å²) in [5, 5.41) is 3.84. The predicted molar refractivity (Wildman–Crippen MR) is 141 cm³/mol. The van der Waals surface area contributed by atoms with Crippen molar-refractivity contribution in [1.82, 2.24) is 4.57 Å². The van der Waals surface area contributed by atoms with Gasteiger partial charge in [0.2, 0.25) is 0 Å². The highest BCUT2D eigenvalue weighted by Crippen LogP contribution is 2.45. The van der Waals surface area contributed by atoms with Crippen molar-refractivity contribution < 1.29 is 17.9 Å². The highest BCUT2D eigenvalue weighted by Gasteiger charge is 2.37. The molecule has 2 unspecified atom stereocenters. The molecule has 0 spiro atoms. The Morgan fingerprint density at radius 3 is 2.34 bits per heavy atom. The second kappa shape index (κ2) is 10.5. The van der Waals surface area contributed by atoms with E-state index in [1.165, 1.54) is 53.8 Å². The number of thioether (sulfide) groups is 1. The Labute approximate surface area is 221 Å². The molecule has 0 saturated carbocycles. The standard InChI is InChI=1S/C29H23F3N2O3S/c1-16-19(14-20-21(30)11-7-12-22(20)31)29-34(23(15-38-29)27(33-36)17-8-4-3-5-9-17)28(35)25(16)18-10-6-13-24(37-2)26(18)32/h3-13,23,27H,14-15H2,1-2H3. The summed E-state index contributed by atoms with van der Waals surface area (Å²) in [6.07, 6.45) is -0.164. The lowest BCUT2D eigenvalue weighted by atomic mass is 9.93. The Kier molecular flexibility index (Phi) is 7.12. The van der Waals surface area contributed by atoms with Gasteiger partial charge in [-0.25, -0.2) is 13.2 Å². The number of rotatable bonds is 7. The molecule has 9 heteroatoms. The van der Waals surface area contributed by atoms with Crippen LogP contribution >= 0.6 is 11.8 Å². The normalized spacial score (nSPS) is 15.2. The molecular formula is C29H23F3N2O3S. The van der Waals surface area contributed by atoms with Crippen LogP contribution in [-0.2, 0) is 6.42 Å². The summed E-state index contributed by atoms with van der Waals surface area (Å²) < 4.78 is 51.5. The van der Waals surface area contributed by atoms with E-state index in [9.17, 15) is 18.5 Å². The molecule has 0 bridgehead atoms. The Balaban J connectivity index is 1.79. The predicted octanol–water partition coefficient (Wildman–Crippen LogP) is 6.99. The van der Waals surface area contributed by atoms with Gasteiger partial charge < -0.3 is 4.74 Å². The summed E-state index contributed by atoms with van der Waals surface area (Å²) in [5.74, 6) is -1.89. The first kappa shape index (κ1) is 25.8. The zero-order valence-electron chi connectivity index (χ0n) is 20.6. The number of hydrogen-bond donors (Lipinski definition) is 0. The van der Waals surface area contributed by atoms with Gasteiger partial charge >= 0.3 is 0 Å². The lowest BCUT2D eigenvalue weighted by Crippen LogP contribution is -2.30. The number of nitrogens with zero attached hydrogens (tertiary/aromatic N) is 2. The number of pyridine rings is 1. The van der Waals surface area contributed by atoms with E-state index in [4.69, 9.17) is 4.74 Å². The minimum atomic E-state index is -0.897. The Bertz CT molecular complexity index is 1570. The number of fused-ring (bicyclic) bond motifs is 1. The molecule has 2 heterocycles. The molecule has 38 heavy (non-hydrogen) atoms. The largest absolute Gasteiger partial charge is 0.494 e. The van der Waals surface area contributed by atoms with Crippen molar-refractivity contribution >= 4 is 11.8 Å². The van der Waals surface area contributed by atoms with Crippen molar-refractivity contribution in [1.29, 1.82) is 0 Å². The number of aromatic nitrogens is 1. The van der Waals surface area contributed by atoms with Crippen molar-refractivity contribution in [3.63, 3.8) is 0 Å². The van der Waals surface area contributed by atoms with E-state index in [1.807, 2.05) is 6.07 Å². The van der Waals surface area contributed by atoms with Gasteiger partial charge in [0.25, 0.3) is 5.56 Å². The molecule has 5 rings (SSSR count). The van der Waals surface area contributed by atoms with Crippen LogP contribution in [0.5, 0.6) is 5.75 Å². The maximum absolute atomic E-state index is 15.5. The number of nitroso groups, excluding NO2 is 1. The van der Waals surface area contributed by atoms with Crippen LogP contribution in [0.25, 0.3) is 11.1 Å². The summed E-state index contributed by atoms with van der Waals surface area (Å²) in [5.41, 5.74) is 0.888. The van der Waals surface area contributed by atoms with Gasteiger partial charge in [0.05, 0.1) is 23.7 Å². The second-order valence-corrected chi connectivity index (χ2v) is 10.0. The molecule has 0 radical (unpaired) electrons. The average Bonchev–Trinajstić information content (AvgIpc) is 3.35. The smallest absolute Gasteiger partial charge is 0.260 e. The van der Waals surface area contributed by atoms with Gasteiger partial charge in [-0.05, 0) is 41.8 Å². The summed E-state index contributed by atoms with van der Waals surface area (Å²) in [4.78, 5) is 26.2. The highest BCUT2D eigenvalue weighted by molar-refractivity contribution is 7.99. The molecule has 1 aliphatic heterocycles. The third-order valence-electron chi connectivity index (χ3n) is 6.95. The zero-order chi connectivity index (χ0) is 27.0. The van der Waals surface area contributed by atoms with Gasteiger partial charge in [-0.15, -0.1) is 11.8 Å². The van der Waals surface area contributed by atoms with Gasteiger partial charge in [-0.2, -0.15) is 4.91 Å². The molecule has 1 aromatic heterocycles. The molecule has 0 fully saturated rings. The Hall–Kier alpha value is -3.85. The fraction of sp³-hybridized carbons (Fsp3) is 0.207. The molecule has 5 nitrogen and oxygen atoms in total. The van der Waals surface area contributed by atoms with E-state index in [2.05, 4.69) is 5.18 Å². The van der Waals surface area contributed by atoms with Crippen LogP contribution in [0.4, 0.5) is 13.2 Å². The van der Waals surface area contributed by atoms with Crippen molar-refractivity contribution in [2.45, 2.75) is 30.5 Å². The molecular weight excluding hydrogens is 513 g/mol. The lowest BCUT2D eigenvalue weighted by Gasteiger charge is -2.23. The molecule has 0 N–H and O–H groups in total. The first-order valence-electron chi connectivity index (χ1n) is 11.9. The number of halogens is 3. The van der Waals surface area contributed by atoms with Crippen LogP contribution in [-0.4, -0.2) is 17.4 Å². The summed E-state index contributed by atoms with van der Waals surface area (Å²) in [7, 11) is 1.32. The minimum Gasteiger partial charge on any atom is -0.494 e. The van der Waals surface area contributed by atoms with Crippen molar-refractivity contribution in [2.75, 3.05) is 12.9 Å². The number of methoxy groups -OCH3 is 1. The maximum atomic E-state index is 15.5. The zero-order valence-corrected chi connectivity index (χ0v) is 21.4. The maximum Gasteiger partial charge on any atom is 0.260 e. The molecule has 1 aliphatic rings. The monoisotopic (exact) mass is 536 g/mol. The molecule has 2 atom stereocenters. The Morgan fingerprint density at radius 2 is 1.68 bits per heavy atom. The molecule has 0 saturated heterocycles. The summed E-state index contributed by atoms with van der Waals surface area (Å²) in [6, 6.07) is 15.4. The quantitative estimate of drug-likeness (QED) is 0.239. The van der Waals surface area contributed by atoms with Crippen LogP contribution in [0, 0.1) is 29.3 Å². The number of benzene rings is 3. The summed E-state index contributed by atoms with van der Waals surface area (Å²) in [6.45, 7) is 1.64. The van der Waals surface area contributed by atoms with Crippen LogP contribution < -0.4 is 10.3 Å². The first-order chi connectivity index (χ1) is 18.4. The first-order valence-corrected chi connectivity index (χ1v) is 12.9. The van der Waals surface area contributed by atoms with Crippen LogP contribution in [0.2, 0.25) is 0 Å². The van der Waals surface area contributed by atoms with Crippen LogP contribution in [0.3, 0.4) is 0 Å². The van der Waals surface area contributed by atoms with E-state index in [0.717, 1.165) is 0 Å². The van der Waals surface area contributed by atoms with Gasteiger partial charge in [0.15, 0.2) is 11.6 Å². The van der Waals surface area contributed by atoms with Crippen molar-refractivity contribution in [3.05, 3.63) is 122 Å². The SMILES string of the molecule is COc1cccc(-c2c(C)c(Cc3c(F)cccc3F)c3n(c2=O)C(C(N=O)c2ccccc2)CS3)c1F. The number of hydrogen-bond acceptors (Lipinski definition) is 5. The second-order valence-electron chi connectivity index (χ2n) is 9.00. The van der Waals surface area contributed by atoms with Gasteiger partial charge in [0.1, 0.15) is 17.7 Å². The van der Waals surface area contributed by atoms with E-state index < -0.39 is 35.1 Å². The van der Waals surface area contributed by atoms with E-state index in [1.54, 1.807) is 37.3 Å². The minimum absolute atomic E-state index is 0.00313. The van der Waals surface area contributed by atoms with E-state index in [-0.39, 0.29) is 28.9 Å². The summed E-state index contributed by atoms with van der Waals surface area (Å²) >= 11 is 1.32. The van der Waals surface area contributed by atoms with Crippen molar-refractivity contribution in [2.24, 2.45) is 5.18 Å². The molecule has 0 aliphatic carbocycles. The highest BCUT2D eigenvalue weighted by atomic mass is 32.2. The third kappa shape index (κ3) is 4.30. The van der Waals surface area contributed by atoms with Gasteiger partial charge in [-0.3, -0.25) is 9.36 Å². The van der Waals surface area contributed by atoms with Crippen LogP contribution in [0.15, 0.2) is 81.7 Å². The van der Waals surface area contributed by atoms with Gasteiger partial charge in [-0.1, -0.05) is 53.7 Å². The Morgan fingerprint density at radius 1 is 1.00 bits per heavy atom. The van der Waals surface area contributed by atoms with Crippen LogP contribution in [0.1, 0.15) is 34.3 Å².